The third-order valence-electron chi connectivity index (χ3n) is 1.63. The van der Waals surface area contributed by atoms with Crippen molar-refractivity contribution in [1.29, 1.82) is 0 Å². The second-order valence-corrected chi connectivity index (χ2v) is 2.69. The van der Waals surface area contributed by atoms with E-state index in [4.69, 9.17) is 0 Å². The highest BCUT2D eigenvalue weighted by molar-refractivity contribution is 5.51. The molecule has 0 fully saturated rings. The third-order valence-corrected chi connectivity index (χ3v) is 1.63. The SMILES string of the molecule is C/C(=C/c1cccc(F)c1F)[N+](=O)[O-]. The van der Waals surface area contributed by atoms with Crippen molar-refractivity contribution in [1.82, 2.24) is 0 Å². The van der Waals surface area contributed by atoms with Crippen LogP contribution in [0.2, 0.25) is 0 Å². The second kappa shape index (κ2) is 3.95. The van der Waals surface area contributed by atoms with Gasteiger partial charge in [-0.2, -0.15) is 0 Å². The zero-order valence-corrected chi connectivity index (χ0v) is 7.33. The van der Waals surface area contributed by atoms with Gasteiger partial charge in [-0.3, -0.25) is 10.1 Å². The van der Waals surface area contributed by atoms with Gasteiger partial charge in [0.05, 0.1) is 4.92 Å². The molecule has 0 saturated heterocycles. The van der Waals surface area contributed by atoms with E-state index in [-0.39, 0.29) is 11.3 Å². The van der Waals surface area contributed by atoms with Gasteiger partial charge in [0.15, 0.2) is 11.6 Å². The Morgan fingerprint density at radius 3 is 2.71 bits per heavy atom. The molecule has 74 valence electrons. The summed E-state index contributed by atoms with van der Waals surface area (Å²) in [4.78, 5) is 9.56. The molecular formula is C9H7F2NO2. The second-order valence-electron chi connectivity index (χ2n) is 2.69. The van der Waals surface area contributed by atoms with E-state index in [1.807, 2.05) is 0 Å². The largest absolute Gasteiger partial charge is 0.259 e. The van der Waals surface area contributed by atoms with Crippen LogP contribution in [0.25, 0.3) is 6.08 Å². The predicted octanol–water partition coefficient (Wildman–Crippen LogP) is 2.60. The van der Waals surface area contributed by atoms with Crippen molar-refractivity contribution in [3.05, 3.63) is 51.2 Å². The summed E-state index contributed by atoms with van der Waals surface area (Å²) in [5, 5.41) is 10.2. The Hall–Kier alpha value is -1.78. The Morgan fingerprint density at radius 2 is 2.14 bits per heavy atom. The highest BCUT2D eigenvalue weighted by atomic mass is 19.2. The van der Waals surface area contributed by atoms with Gasteiger partial charge in [-0.25, -0.2) is 8.78 Å². The Labute approximate surface area is 78.8 Å². The molecule has 0 N–H and O–H groups in total. The maximum absolute atomic E-state index is 13.0. The third kappa shape index (κ3) is 2.12. The lowest BCUT2D eigenvalue weighted by atomic mass is 10.2. The molecule has 0 aliphatic heterocycles. The minimum absolute atomic E-state index is 0.126. The number of rotatable bonds is 2. The molecular weight excluding hydrogens is 192 g/mol. The van der Waals surface area contributed by atoms with Crippen LogP contribution in [-0.4, -0.2) is 4.92 Å². The molecule has 5 heteroatoms. The molecule has 1 aromatic rings. The first-order valence-electron chi connectivity index (χ1n) is 3.79. The van der Waals surface area contributed by atoms with Crippen LogP contribution in [0.3, 0.4) is 0 Å². The number of hydrogen-bond donors (Lipinski definition) is 0. The van der Waals surface area contributed by atoms with Crippen molar-refractivity contribution in [2.45, 2.75) is 6.92 Å². The van der Waals surface area contributed by atoms with Gasteiger partial charge in [0.2, 0.25) is 5.70 Å². The molecule has 0 heterocycles. The summed E-state index contributed by atoms with van der Waals surface area (Å²) >= 11 is 0. The van der Waals surface area contributed by atoms with Crippen molar-refractivity contribution in [3.8, 4) is 0 Å². The number of halogens is 2. The fraction of sp³-hybridized carbons (Fsp3) is 0.111. The molecule has 1 aromatic carbocycles. The van der Waals surface area contributed by atoms with Gasteiger partial charge >= 0.3 is 0 Å². The van der Waals surface area contributed by atoms with Crippen LogP contribution in [0.15, 0.2) is 23.9 Å². The van der Waals surface area contributed by atoms with Gasteiger partial charge in [0.1, 0.15) is 0 Å². The van der Waals surface area contributed by atoms with E-state index in [0.717, 1.165) is 12.1 Å². The number of nitro groups is 1. The fourth-order valence-corrected chi connectivity index (χ4v) is 0.910. The van der Waals surface area contributed by atoms with E-state index in [1.165, 1.54) is 19.1 Å². The van der Waals surface area contributed by atoms with Crippen molar-refractivity contribution in [2.75, 3.05) is 0 Å². The standard InChI is InChI=1S/C9H7F2NO2/c1-6(12(13)14)5-7-3-2-4-8(10)9(7)11/h2-5H,1H3/b6-5-. The van der Waals surface area contributed by atoms with Crippen LogP contribution >= 0.6 is 0 Å². The summed E-state index contributed by atoms with van der Waals surface area (Å²) in [6, 6.07) is 3.51. The Morgan fingerprint density at radius 1 is 1.50 bits per heavy atom. The summed E-state index contributed by atoms with van der Waals surface area (Å²) < 4.78 is 25.6. The summed E-state index contributed by atoms with van der Waals surface area (Å²) in [5.74, 6) is -2.09. The van der Waals surface area contributed by atoms with E-state index in [2.05, 4.69) is 0 Å². The van der Waals surface area contributed by atoms with Crippen LogP contribution in [0.4, 0.5) is 8.78 Å². The van der Waals surface area contributed by atoms with E-state index in [0.29, 0.717) is 0 Å². The molecule has 0 radical (unpaired) electrons. The monoisotopic (exact) mass is 199 g/mol. The topological polar surface area (TPSA) is 43.1 Å². The highest BCUT2D eigenvalue weighted by Gasteiger charge is 2.08. The fourth-order valence-electron chi connectivity index (χ4n) is 0.910. The molecule has 0 aliphatic rings. The molecule has 0 unspecified atom stereocenters. The Kier molecular flexibility index (Phi) is 2.91. The van der Waals surface area contributed by atoms with Gasteiger partial charge in [0.25, 0.3) is 0 Å². The lowest BCUT2D eigenvalue weighted by molar-refractivity contribution is -0.422. The van der Waals surface area contributed by atoms with Gasteiger partial charge in [-0.1, -0.05) is 12.1 Å². The predicted molar refractivity (Wildman–Crippen MR) is 47.0 cm³/mol. The maximum atomic E-state index is 13.0. The van der Waals surface area contributed by atoms with Crippen LogP contribution < -0.4 is 0 Å². The van der Waals surface area contributed by atoms with Crippen molar-refractivity contribution >= 4 is 6.08 Å². The minimum atomic E-state index is -1.08. The zero-order valence-electron chi connectivity index (χ0n) is 7.33. The zero-order chi connectivity index (χ0) is 10.7. The lowest BCUT2D eigenvalue weighted by Gasteiger charge is -1.97. The molecule has 0 amide bonds. The lowest BCUT2D eigenvalue weighted by Crippen LogP contribution is -1.95. The summed E-state index contributed by atoms with van der Waals surface area (Å²) in [5.41, 5.74) is -0.367. The molecule has 0 spiro atoms. The Balaban J connectivity index is 3.15. The normalized spacial score (nSPS) is 11.5. The van der Waals surface area contributed by atoms with Gasteiger partial charge < -0.3 is 0 Å². The number of benzene rings is 1. The molecule has 0 bridgehead atoms. The molecule has 0 aromatic heterocycles. The average molecular weight is 199 g/mol. The molecule has 0 saturated carbocycles. The first-order valence-corrected chi connectivity index (χ1v) is 3.79. The van der Waals surface area contributed by atoms with E-state index >= 15 is 0 Å². The smallest absolute Gasteiger partial charge is 0.243 e. The number of allylic oxidation sites excluding steroid dienone is 1. The van der Waals surface area contributed by atoms with Gasteiger partial charge in [0, 0.05) is 18.6 Å². The minimum Gasteiger partial charge on any atom is -0.259 e. The summed E-state index contributed by atoms with van der Waals surface area (Å²) in [7, 11) is 0. The highest BCUT2D eigenvalue weighted by Crippen LogP contribution is 2.14. The van der Waals surface area contributed by atoms with E-state index in [1.54, 1.807) is 0 Å². The number of nitrogens with zero attached hydrogens (tertiary/aromatic N) is 1. The summed E-state index contributed by atoms with van der Waals surface area (Å²) in [6.07, 6.45) is 0.985. The molecule has 3 nitrogen and oxygen atoms in total. The Bertz CT molecular complexity index is 402. The molecule has 0 aliphatic carbocycles. The van der Waals surface area contributed by atoms with E-state index in [9.17, 15) is 18.9 Å². The molecule has 0 atom stereocenters. The van der Waals surface area contributed by atoms with Crippen LogP contribution in [0.1, 0.15) is 12.5 Å². The maximum Gasteiger partial charge on any atom is 0.243 e. The van der Waals surface area contributed by atoms with Crippen LogP contribution in [-0.2, 0) is 0 Å². The van der Waals surface area contributed by atoms with Crippen molar-refractivity contribution in [2.24, 2.45) is 0 Å². The quantitative estimate of drug-likeness (QED) is 0.542. The van der Waals surface area contributed by atoms with Gasteiger partial charge in [-0.15, -0.1) is 0 Å². The first-order chi connectivity index (χ1) is 6.52. The first kappa shape index (κ1) is 10.3. The number of hydrogen-bond acceptors (Lipinski definition) is 2. The molecule has 14 heavy (non-hydrogen) atoms. The van der Waals surface area contributed by atoms with E-state index < -0.39 is 16.6 Å². The van der Waals surface area contributed by atoms with Gasteiger partial charge in [-0.05, 0) is 6.07 Å². The van der Waals surface area contributed by atoms with Crippen molar-refractivity contribution < 1.29 is 13.7 Å². The average Bonchev–Trinajstić information content (AvgIpc) is 2.12. The summed E-state index contributed by atoms with van der Waals surface area (Å²) in [6.45, 7) is 1.21. The molecule has 1 rings (SSSR count). The van der Waals surface area contributed by atoms with Crippen molar-refractivity contribution in [3.63, 3.8) is 0 Å². The van der Waals surface area contributed by atoms with Crippen LogP contribution in [0, 0.1) is 21.7 Å². The van der Waals surface area contributed by atoms with Crippen LogP contribution in [0.5, 0.6) is 0 Å².